The van der Waals surface area contributed by atoms with Gasteiger partial charge in [0.25, 0.3) is 0 Å². The lowest BCUT2D eigenvalue weighted by atomic mass is 10.1. The molecule has 0 spiro atoms. The van der Waals surface area contributed by atoms with Gasteiger partial charge in [-0.3, -0.25) is 0 Å². The number of rotatable bonds is 9. The molecule has 130 valence electrons. The summed E-state index contributed by atoms with van der Waals surface area (Å²) in [6.07, 6.45) is 1.12. The minimum Gasteiger partial charge on any atom is -0.370 e. The molecule has 1 aromatic heterocycles. The molecular weight excluding hydrogens is 298 g/mol. The average molecular weight is 327 g/mol. The van der Waals surface area contributed by atoms with E-state index in [0.717, 1.165) is 43.1 Å². The van der Waals surface area contributed by atoms with Crippen molar-refractivity contribution >= 4 is 11.8 Å². The van der Waals surface area contributed by atoms with Crippen LogP contribution in [-0.4, -0.2) is 48.6 Å². The van der Waals surface area contributed by atoms with Crippen molar-refractivity contribution in [2.24, 2.45) is 5.92 Å². The summed E-state index contributed by atoms with van der Waals surface area (Å²) >= 11 is 0. The van der Waals surface area contributed by atoms with E-state index in [1.807, 2.05) is 24.3 Å². The van der Waals surface area contributed by atoms with Crippen molar-refractivity contribution in [3.05, 3.63) is 36.4 Å². The average Bonchev–Trinajstić information content (AvgIpc) is 2.55. The highest BCUT2D eigenvalue weighted by Gasteiger charge is 2.07. The third kappa shape index (κ3) is 6.16. The Morgan fingerprint density at radius 2 is 1.75 bits per heavy atom. The van der Waals surface area contributed by atoms with E-state index in [2.05, 4.69) is 65.6 Å². The summed E-state index contributed by atoms with van der Waals surface area (Å²) in [7, 11) is 4.11. The summed E-state index contributed by atoms with van der Waals surface area (Å²) < 4.78 is 0. The van der Waals surface area contributed by atoms with E-state index < -0.39 is 0 Å². The topological polar surface area (TPSA) is 53.1 Å². The molecule has 5 nitrogen and oxygen atoms in total. The number of hydrogen-bond acceptors (Lipinski definition) is 5. The van der Waals surface area contributed by atoms with Gasteiger partial charge in [-0.25, -0.2) is 4.98 Å². The third-order valence-electron chi connectivity index (χ3n) is 3.67. The lowest BCUT2D eigenvalue weighted by Crippen LogP contribution is -2.21. The van der Waals surface area contributed by atoms with Crippen molar-refractivity contribution in [3.63, 3.8) is 0 Å². The standard InChI is InChI=1S/C19H29N5/c1-15(2)10-11-20-18-14-17(16-8-6-5-7-9-16)22-19(23-18)21-12-13-24(3)4/h5-9,14-15H,10-13H2,1-4H3,(H2,20,21,22,23). The molecule has 2 N–H and O–H groups in total. The molecule has 2 rings (SSSR count). The van der Waals surface area contributed by atoms with Crippen LogP contribution in [0.25, 0.3) is 11.3 Å². The van der Waals surface area contributed by atoms with Crippen LogP contribution in [0.5, 0.6) is 0 Å². The van der Waals surface area contributed by atoms with Crippen LogP contribution in [0, 0.1) is 5.92 Å². The summed E-state index contributed by atoms with van der Waals surface area (Å²) in [5.74, 6) is 2.22. The van der Waals surface area contributed by atoms with Gasteiger partial charge in [-0.2, -0.15) is 4.98 Å². The van der Waals surface area contributed by atoms with Gasteiger partial charge in [0.15, 0.2) is 0 Å². The lowest BCUT2D eigenvalue weighted by molar-refractivity contribution is 0.425. The van der Waals surface area contributed by atoms with E-state index in [4.69, 9.17) is 0 Å². The second-order valence-electron chi connectivity index (χ2n) is 6.67. The van der Waals surface area contributed by atoms with Gasteiger partial charge in [0.1, 0.15) is 5.82 Å². The maximum atomic E-state index is 4.66. The second-order valence-corrected chi connectivity index (χ2v) is 6.67. The van der Waals surface area contributed by atoms with E-state index >= 15 is 0 Å². The lowest BCUT2D eigenvalue weighted by Gasteiger charge is -2.13. The largest absolute Gasteiger partial charge is 0.370 e. The molecule has 2 aromatic rings. The fourth-order valence-electron chi connectivity index (χ4n) is 2.25. The van der Waals surface area contributed by atoms with Crippen molar-refractivity contribution < 1.29 is 0 Å². The Morgan fingerprint density at radius 1 is 1.00 bits per heavy atom. The molecule has 0 saturated heterocycles. The molecule has 0 radical (unpaired) electrons. The smallest absolute Gasteiger partial charge is 0.225 e. The van der Waals surface area contributed by atoms with Crippen LogP contribution in [0.3, 0.4) is 0 Å². The zero-order chi connectivity index (χ0) is 17.4. The zero-order valence-corrected chi connectivity index (χ0v) is 15.2. The van der Waals surface area contributed by atoms with Gasteiger partial charge < -0.3 is 15.5 Å². The monoisotopic (exact) mass is 327 g/mol. The first kappa shape index (κ1) is 18.2. The van der Waals surface area contributed by atoms with Crippen molar-refractivity contribution in [1.82, 2.24) is 14.9 Å². The molecule has 0 atom stereocenters. The molecule has 1 aromatic carbocycles. The van der Waals surface area contributed by atoms with E-state index in [1.165, 1.54) is 0 Å². The van der Waals surface area contributed by atoms with Crippen molar-refractivity contribution in [3.8, 4) is 11.3 Å². The minimum atomic E-state index is 0.672. The molecule has 0 unspecified atom stereocenters. The first-order valence-corrected chi connectivity index (χ1v) is 8.61. The van der Waals surface area contributed by atoms with Gasteiger partial charge in [0, 0.05) is 31.3 Å². The van der Waals surface area contributed by atoms with Crippen molar-refractivity contribution in [2.75, 3.05) is 44.4 Å². The van der Waals surface area contributed by atoms with Crippen LogP contribution in [0.15, 0.2) is 36.4 Å². The van der Waals surface area contributed by atoms with Gasteiger partial charge in [0.2, 0.25) is 5.95 Å². The molecule has 0 aliphatic heterocycles. The normalized spacial score (nSPS) is 11.1. The van der Waals surface area contributed by atoms with Crippen LogP contribution in [0.1, 0.15) is 20.3 Å². The highest BCUT2D eigenvalue weighted by molar-refractivity contribution is 5.64. The second kappa shape index (κ2) is 9.23. The van der Waals surface area contributed by atoms with E-state index in [9.17, 15) is 0 Å². The first-order chi connectivity index (χ1) is 11.5. The van der Waals surface area contributed by atoms with E-state index in [1.54, 1.807) is 0 Å². The Balaban J connectivity index is 2.16. The van der Waals surface area contributed by atoms with Gasteiger partial charge in [-0.1, -0.05) is 44.2 Å². The molecule has 0 bridgehead atoms. The Kier molecular flexibility index (Phi) is 7.00. The van der Waals surface area contributed by atoms with Crippen molar-refractivity contribution in [2.45, 2.75) is 20.3 Å². The molecular formula is C19H29N5. The quantitative estimate of drug-likeness (QED) is 0.737. The number of benzene rings is 1. The number of nitrogens with one attached hydrogen (secondary N) is 2. The molecule has 0 aliphatic rings. The third-order valence-corrected chi connectivity index (χ3v) is 3.67. The molecule has 0 saturated carbocycles. The highest BCUT2D eigenvalue weighted by atomic mass is 15.2. The fraction of sp³-hybridized carbons (Fsp3) is 0.474. The molecule has 24 heavy (non-hydrogen) atoms. The molecule has 0 aliphatic carbocycles. The molecule has 1 heterocycles. The van der Waals surface area contributed by atoms with E-state index in [-0.39, 0.29) is 0 Å². The Morgan fingerprint density at radius 3 is 2.42 bits per heavy atom. The fourth-order valence-corrected chi connectivity index (χ4v) is 2.25. The Labute approximate surface area is 145 Å². The summed E-state index contributed by atoms with van der Waals surface area (Å²) in [5.41, 5.74) is 2.03. The maximum Gasteiger partial charge on any atom is 0.225 e. The van der Waals surface area contributed by atoms with E-state index in [0.29, 0.717) is 11.9 Å². The first-order valence-electron chi connectivity index (χ1n) is 8.61. The van der Waals surface area contributed by atoms with Gasteiger partial charge in [-0.15, -0.1) is 0 Å². The van der Waals surface area contributed by atoms with Crippen LogP contribution < -0.4 is 10.6 Å². The summed E-state index contributed by atoms with van der Waals surface area (Å²) in [6.45, 7) is 7.13. The highest BCUT2D eigenvalue weighted by Crippen LogP contribution is 2.21. The number of anilines is 2. The summed E-state index contributed by atoms with van der Waals surface area (Å²) in [4.78, 5) is 11.4. The number of hydrogen-bond donors (Lipinski definition) is 2. The number of likely N-dealkylation sites (N-methyl/N-ethyl adjacent to an activating group) is 1. The van der Waals surface area contributed by atoms with Gasteiger partial charge in [0.05, 0.1) is 5.69 Å². The van der Waals surface area contributed by atoms with Gasteiger partial charge in [-0.05, 0) is 26.4 Å². The van der Waals surface area contributed by atoms with Crippen LogP contribution in [0.4, 0.5) is 11.8 Å². The van der Waals surface area contributed by atoms with Crippen LogP contribution in [-0.2, 0) is 0 Å². The molecule has 0 fully saturated rings. The van der Waals surface area contributed by atoms with Gasteiger partial charge >= 0.3 is 0 Å². The predicted octanol–water partition coefficient (Wildman–Crippen LogP) is 3.58. The van der Waals surface area contributed by atoms with Crippen LogP contribution in [0.2, 0.25) is 0 Å². The Hall–Kier alpha value is -2.14. The van der Waals surface area contributed by atoms with Crippen molar-refractivity contribution in [1.29, 1.82) is 0 Å². The summed E-state index contributed by atoms with van der Waals surface area (Å²) in [6, 6.07) is 12.2. The molecule has 5 heteroatoms. The number of nitrogens with zero attached hydrogens (tertiary/aromatic N) is 3. The maximum absolute atomic E-state index is 4.66. The molecule has 0 amide bonds. The predicted molar refractivity (Wildman–Crippen MR) is 102 cm³/mol. The summed E-state index contributed by atoms with van der Waals surface area (Å²) in [5, 5.41) is 6.75. The Bertz CT molecular complexity index is 578. The number of aromatic nitrogens is 2. The zero-order valence-electron chi connectivity index (χ0n) is 15.2. The minimum absolute atomic E-state index is 0.672. The van der Waals surface area contributed by atoms with Crippen LogP contribution >= 0.6 is 0 Å². The SMILES string of the molecule is CC(C)CCNc1cc(-c2ccccc2)nc(NCCN(C)C)n1.